The van der Waals surface area contributed by atoms with Crippen LogP contribution in [0.4, 0.5) is 5.69 Å². The highest BCUT2D eigenvalue weighted by Crippen LogP contribution is 2.23. The molecule has 2 aromatic rings. The van der Waals surface area contributed by atoms with Gasteiger partial charge in [-0.25, -0.2) is 8.42 Å². The van der Waals surface area contributed by atoms with Gasteiger partial charge in [0, 0.05) is 30.8 Å². The van der Waals surface area contributed by atoms with Crippen molar-refractivity contribution in [1.29, 1.82) is 0 Å². The van der Waals surface area contributed by atoms with Gasteiger partial charge >= 0.3 is 0 Å². The number of aromatic amines is 1. The Hall–Kier alpha value is -2.35. The summed E-state index contributed by atoms with van der Waals surface area (Å²) in [6.07, 6.45) is 2.95. The molecule has 0 bridgehead atoms. The van der Waals surface area contributed by atoms with Crippen LogP contribution in [0.25, 0.3) is 0 Å². The van der Waals surface area contributed by atoms with E-state index in [4.69, 9.17) is 0 Å². The van der Waals surface area contributed by atoms with Crippen LogP contribution in [0, 0.1) is 0 Å². The van der Waals surface area contributed by atoms with Crippen LogP contribution in [0.15, 0.2) is 30.5 Å². The van der Waals surface area contributed by atoms with E-state index < -0.39 is 10.0 Å². The van der Waals surface area contributed by atoms with Crippen molar-refractivity contribution in [2.24, 2.45) is 0 Å². The number of sulfonamides is 1. The van der Waals surface area contributed by atoms with Crippen LogP contribution in [0.3, 0.4) is 0 Å². The molecule has 0 radical (unpaired) electrons. The number of amides is 1. The Morgan fingerprint density at radius 2 is 2.17 bits per heavy atom. The first kappa shape index (κ1) is 16.5. The van der Waals surface area contributed by atoms with Crippen molar-refractivity contribution < 1.29 is 13.2 Å². The molecule has 0 fully saturated rings. The first-order valence-electron chi connectivity index (χ1n) is 7.90. The van der Waals surface area contributed by atoms with Gasteiger partial charge in [0.05, 0.1) is 23.2 Å². The third-order valence-electron chi connectivity index (χ3n) is 3.98. The van der Waals surface area contributed by atoms with Crippen molar-refractivity contribution in [3.63, 3.8) is 0 Å². The molecule has 7 nitrogen and oxygen atoms in total. The van der Waals surface area contributed by atoms with E-state index in [0.29, 0.717) is 37.2 Å². The minimum atomic E-state index is -3.45. The van der Waals surface area contributed by atoms with Gasteiger partial charge in [-0.05, 0) is 18.6 Å². The van der Waals surface area contributed by atoms with Crippen molar-refractivity contribution >= 4 is 21.6 Å². The van der Waals surface area contributed by atoms with Gasteiger partial charge in [-0.15, -0.1) is 0 Å². The highest BCUT2D eigenvalue weighted by Gasteiger charge is 2.25. The second-order valence-corrected chi connectivity index (χ2v) is 7.66. The number of anilines is 1. The third-order valence-corrected chi connectivity index (χ3v) is 5.46. The standard InChI is InChI=1S/C16H20N4O3S/c1-2-9-24(22,23)19-15-6-4-3-5-13(15)16(21)20-8-7-14-12(11-20)10-17-18-14/h3-6,10,19H,2,7-9,11H2,1H3,(H,17,18). The Bertz CT molecular complexity index is 845. The lowest BCUT2D eigenvalue weighted by atomic mass is 10.1. The molecular formula is C16H20N4O3S. The van der Waals surface area contributed by atoms with Crippen LogP contribution < -0.4 is 4.72 Å². The number of rotatable bonds is 5. The number of aromatic nitrogens is 2. The number of fused-ring (bicyclic) bond motifs is 1. The van der Waals surface area contributed by atoms with Crippen LogP contribution in [-0.2, 0) is 23.0 Å². The molecule has 0 saturated heterocycles. The topological polar surface area (TPSA) is 95.2 Å². The Kier molecular flexibility index (Phi) is 4.57. The molecule has 2 N–H and O–H groups in total. The highest BCUT2D eigenvalue weighted by molar-refractivity contribution is 7.92. The average molecular weight is 348 g/mol. The summed E-state index contributed by atoms with van der Waals surface area (Å²) in [6.45, 7) is 2.84. The smallest absolute Gasteiger partial charge is 0.256 e. The van der Waals surface area contributed by atoms with Crippen molar-refractivity contribution in [3.05, 3.63) is 47.3 Å². The number of hydrogen-bond donors (Lipinski definition) is 2. The van der Waals surface area contributed by atoms with Crippen LogP contribution in [0.5, 0.6) is 0 Å². The second-order valence-electron chi connectivity index (χ2n) is 5.82. The van der Waals surface area contributed by atoms with Crippen LogP contribution >= 0.6 is 0 Å². The molecule has 1 aromatic heterocycles. The van der Waals surface area contributed by atoms with E-state index in [1.807, 2.05) is 0 Å². The summed E-state index contributed by atoms with van der Waals surface area (Å²) >= 11 is 0. The summed E-state index contributed by atoms with van der Waals surface area (Å²) < 4.78 is 26.6. The van der Waals surface area contributed by atoms with E-state index in [1.165, 1.54) is 0 Å². The Balaban J connectivity index is 1.83. The summed E-state index contributed by atoms with van der Waals surface area (Å²) in [4.78, 5) is 14.6. The predicted molar refractivity (Wildman–Crippen MR) is 91.2 cm³/mol. The van der Waals surface area contributed by atoms with Gasteiger partial charge < -0.3 is 4.90 Å². The quantitative estimate of drug-likeness (QED) is 0.861. The fraction of sp³-hybridized carbons (Fsp3) is 0.375. The molecule has 1 amide bonds. The molecule has 0 unspecified atom stereocenters. The molecule has 1 aromatic carbocycles. The molecule has 128 valence electrons. The maximum atomic E-state index is 12.9. The molecule has 0 aliphatic carbocycles. The first-order valence-corrected chi connectivity index (χ1v) is 9.55. The lowest BCUT2D eigenvalue weighted by Gasteiger charge is -2.27. The van der Waals surface area contributed by atoms with Gasteiger partial charge in [0.2, 0.25) is 10.0 Å². The van der Waals surface area contributed by atoms with Crippen molar-refractivity contribution in [2.75, 3.05) is 17.0 Å². The van der Waals surface area contributed by atoms with E-state index in [2.05, 4.69) is 14.9 Å². The second kappa shape index (κ2) is 6.64. The van der Waals surface area contributed by atoms with E-state index in [9.17, 15) is 13.2 Å². The molecule has 0 saturated carbocycles. The van der Waals surface area contributed by atoms with Crippen molar-refractivity contribution in [3.8, 4) is 0 Å². The molecule has 24 heavy (non-hydrogen) atoms. The monoisotopic (exact) mass is 348 g/mol. The Labute approximate surface area is 141 Å². The van der Waals surface area contributed by atoms with Gasteiger partial charge in [-0.3, -0.25) is 14.6 Å². The van der Waals surface area contributed by atoms with Crippen molar-refractivity contribution in [1.82, 2.24) is 15.1 Å². The molecule has 2 heterocycles. The molecule has 0 spiro atoms. The van der Waals surface area contributed by atoms with Gasteiger partial charge in [-0.1, -0.05) is 19.1 Å². The van der Waals surface area contributed by atoms with Gasteiger partial charge in [-0.2, -0.15) is 5.10 Å². The number of H-pyrrole nitrogens is 1. The fourth-order valence-electron chi connectivity index (χ4n) is 2.81. The first-order chi connectivity index (χ1) is 11.5. The molecule has 3 rings (SSSR count). The molecule has 1 aliphatic heterocycles. The lowest BCUT2D eigenvalue weighted by molar-refractivity contribution is 0.0735. The largest absolute Gasteiger partial charge is 0.334 e. The zero-order valence-electron chi connectivity index (χ0n) is 13.4. The summed E-state index contributed by atoms with van der Waals surface area (Å²) in [5.74, 6) is -0.158. The van der Waals surface area contributed by atoms with E-state index in [-0.39, 0.29) is 11.7 Å². The van der Waals surface area contributed by atoms with Gasteiger partial charge in [0.1, 0.15) is 0 Å². The van der Waals surface area contributed by atoms with Gasteiger partial charge in [0.15, 0.2) is 0 Å². The SMILES string of the molecule is CCCS(=O)(=O)Nc1ccccc1C(=O)N1CCc2[nH]ncc2C1. The van der Waals surface area contributed by atoms with E-state index >= 15 is 0 Å². The number of benzene rings is 1. The maximum Gasteiger partial charge on any atom is 0.256 e. The average Bonchev–Trinajstić information content (AvgIpc) is 3.01. The van der Waals surface area contributed by atoms with Crippen LogP contribution in [0.2, 0.25) is 0 Å². The molecule has 8 heteroatoms. The molecule has 1 aliphatic rings. The third kappa shape index (κ3) is 3.43. The van der Waals surface area contributed by atoms with Crippen LogP contribution in [0.1, 0.15) is 35.0 Å². The zero-order chi connectivity index (χ0) is 17.2. The van der Waals surface area contributed by atoms with Crippen LogP contribution in [-0.4, -0.2) is 41.7 Å². The Morgan fingerprint density at radius 1 is 1.38 bits per heavy atom. The number of carbonyl (C=O) groups is 1. The number of hydrogen-bond acceptors (Lipinski definition) is 4. The number of para-hydroxylation sites is 1. The summed E-state index contributed by atoms with van der Waals surface area (Å²) in [5.41, 5.74) is 2.74. The zero-order valence-corrected chi connectivity index (χ0v) is 14.3. The predicted octanol–water partition coefficient (Wildman–Crippen LogP) is 1.76. The summed E-state index contributed by atoms with van der Waals surface area (Å²) in [7, 11) is -3.45. The fourth-order valence-corrected chi connectivity index (χ4v) is 3.96. The summed E-state index contributed by atoms with van der Waals surface area (Å²) in [5, 5.41) is 6.94. The number of carbonyl (C=O) groups excluding carboxylic acids is 1. The normalized spacial score (nSPS) is 14.3. The summed E-state index contributed by atoms with van der Waals surface area (Å²) in [6, 6.07) is 6.72. The van der Waals surface area contributed by atoms with Gasteiger partial charge in [0.25, 0.3) is 5.91 Å². The number of nitrogens with zero attached hydrogens (tertiary/aromatic N) is 2. The molecular weight excluding hydrogens is 328 g/mol. The maximum absolute atomic E-state index is 12.9. The van der Waals surface area contributed by atoms with E-state index in [1.54, 1.807) is 42.3 Å². The lowest BCUT2D eigenvalue weighted by Crippen LogP contribution is -2.36. The Morgan fingerprint density at radius 3 is 2.96 bits per heavy atom. The highest BCUT2D eigenvalue weighted by atomic mass is 32.2. The number of nitrogens with one attached hydrogen (secondary N) is 2. The minimum Gasteiger partial charge on any atom is -0.334 e. The minimum absolute atomic E-state index is 0.0254. The van der Waals surface area contributed by atoms with Crippen molar-refractivity contribution in [2.45, 2.75) is 26.3 Å². The van der Waals surface area contributed by atoms with E-state index in [0.717, 1.165) is 11.3 Å². The molecule has 0 atom stereocenters.